The molecular formula is C17H25N3O. The summed E-state index contributed by atoms with van der Waals surface area (Å²) in [5.74, 6) is 0.413. The van der Waals surface area contributed by atoms with Crippen LogP contribution in [0.25, 0.3) is 0 Å². The molecule has 0 spiro atoms. The number of nitrogens with one attached hydrogen (secondary N) is 2. The van der Waals surface area contributed by atoms with Crippen molar-refractivity contribution in [2.24, 2.45) is 5.92 Å². The lowest BCUT2D eigenvalue weighted by molar-refractivity contribution is -0.120. The summed E-state index contributed by atoms with van der Waals surface area (Å²) in [6.07, 6.45) is 5.76. The van der Waals surface area contributed by atoms with Gasteiger partial charge in [0, 0.05) is 43.5 Å². The molecule has 2 aliphatic rings. The number of hydrogen-bond acceptors (Lipinski definition) is 3. The van der Waals surface area contributed by atoms with Crippen LogP contribution in [0.15, 0.2) is 24.3 Å². The summed E-state index contributed by atoms with van der Waals surface area (Å²) in [6, 6.07) is 8.28. The van der Waals surface area contributed by atoms with Crippen LogP contribution >= 0.6 is 0 Å². The Labute approximate surface area is 126 Å². The fraction of sp³-hybridized carbons (Fsp3) is 0.588. The van der Waals surface area contributed by atoms with Gasteiger partial charge in [-0.1, -0.05) is 19.3 Å². The molecule has 1 saturated heterocycles. The number of amides is 1. The SMILES string of the molecule is O=C(Nc1ccc(N2CCNCC2)cc1)C1CCCCC1. The Morgan fingerprint density at radius 3 is 2.38 bits per heavy atom. The third-order valence-corrected chi connectivity index (χ3v) is 4.59. The third-order valence-electron chi connectivity index (χ3n) is 4.59. The zero-order valence-corrected chi connectivity index (χ0v) is 12.6. The van der Waals surface area contributed by atoms with Crippen LogP contribution in [0.1, 0.15) is 32.1 Å². The first-order chi connectivity index (χ1) is 10.3. The van der Waals surface area contributed by atoms with Crippen LogP contribution in [0, 0.1) is 5.92 Å². The van der Waals surface area contributed by atoms with Crippen molar-refractivity contribution >= 4 is 17.3 Å². The van der Waals surface area contributed by atoms with Crippen LogP contribution in [0.5, 0.6) is 0 Å². The third kappa shape index (κ3) is 3.76. The fourth-order valence-corrected chi connectivity index (χ4v) is 3.29. The molecule has 0 radical (unpaired) electrons. The average Bonchev–Trinajstić information content (AvgIpc) is 2.57. The minimum atomic E-state index is 0.199. The van der Waals surface area contributed by atoms with Crippen molar-refractivity contribution in [1.29, 1.82) is 0 Å². The smallest absolute Gasteiger partial charge is 0.227 e. The number of rotatable bonds is 3. The summed E-state index contributed by atoms with van der Waals surface area (Å²) in [6.45, 7) is 4.18. The second kappa shape index (κ2) is 6.94. The molecule has 1 saturated carbocycles. The Kier molecular flexibility index (Phi) is 4.76. The monoisotopic (exact) mass is 287 g/mol. The van der Waals surface area contributed by atoms with E-state index in [1.807, 2.05) is 12.1 Å². The lowest BCUT2D eigenvalue weighted by Gasteiger charge is -2.29. The largest absolute Gasteiger partial charge is 0.369 e. The molecular weight excluding hydrogens is 262 g/mol. The summed E-state index contributed by atoms with van der Waals surface area (Å²) >= 11 is 0. The van der Waals surface area contributed by atoms with Gasteiger partial charge in [0.1, 0.15) is 0 Å². The van der Waals surface area contributed by atoms with Crippen LogP contribution in [-0.2, 0) is 4.79 Å². The van der Waals surface area contributed by atoms with Gasteiger partial charge in [-0.2, -0.15) is 0 Å². The average molecular weight is 287 g/mol. The zero-order chi connectivity index (χ0) is 14.5. The molecule has 0 unspecified atom stereocenters. The Hall–Kier alpha value is -1.55. The van der Waals surface area contributed by atoms with Crippen LogP contribution in [0.2, 0.25) is 0 Å². The van der Waals surface area contributed by atoms with E-state index < -0.39 is 0 Å². The van der Waals surface area contributed by atoms with Crippen LogP contribution in [0.3, 0.4) is 0 Å². The minimum Gasteiger partial charge on any atom is -0.369 e. The van der Waals surface area contributed by atoms with Gasteiger partial charge in [-0.3, -0.25) is 4.79 Å². The first kappa shape index (κ1) is 14.4. The Balaban J connectivity index is 1.57. The molecule has 1 aromatic rings. The van der Waals surface area contributed by atoms with Crippen molar-refractivity contribution in [2.45, 2.75) is 32.1 Å². The lowest BCUT2D eigenvalue weighted by atomic mass is 9.88. The summed E-state index contributed by atoms with van der Waals surface area (Å²) in [4.78, 5) is 14.6. The van der Waals surface area contributed by atoms with Crippen molar-refractivity contribution < 1.29 is 4.79 Å². The summed E-state index contributed by atoms with van der Waals surface area (Å²) in [5, 5.41) is 6.43. The van der Waals surface area contributed by atoms with Gasteiger partial charge in [0.15, 0.2) is 0 Å². The van der Waals surface area contributed by atoms with E-state index in [0.717, 1.165) is 44.7 Å². The second-order valence-electron chi connectivity index (χ2n) is 6.11. The highest BCUT2D eigenvalue weighted by molar-refractivity contribution is 5.92. The molecule has 21 heavy (non-hydrogen) atoms. The van der Waals surface area contributed by atoms with Gasteiger partial charge in [-0.05, 0) is 37.1 Å². The molecule has 1 aliphatic carbocycles. The quantitative estimate of drug-likeness (QED) is 0.898. The van der Waals surface area contributed by atoms with Crippen molar-refractivity contribution in [2.75, 3.05) is 36.4 Å². The van der Waals surface area contributed by atoms with E-state index in [2.05, 4.69) is 27.7 Å². The van der Waals surface area contributed by atoms with E-state index in [1.54, 1.807) is 0 Å². The maximum Gasteiger partial charge on any atom is 0.227 e. The predicted octanol–water partition coefficient (Wildman–Crippen LogP) is 2.62. The molecule has 4 nitrogen and oxygen atoms in total. The number of carbonyl (C=O) groups excluding carboxylic acids is 1. The van der Waals surface area contributed by atoms with Crippen molar-refractivity contribution in [3.8, 4) is 0 Å². The summed E-state index contributed by atoms with van der Waals surface area (Å²) < 4.78 is 0. The molecule has 3 rings (SSSR count). The highest BCUT2D eigenvalue weighted by Gasteiger charge is 2.21. The molecule has 114 valence electrons. The van der Waals surface area contributed by atoms with E-state index in [9.17, 15) is 4.79 Å². The number of benzene rings is 1. The number of anilines is 2. The van der Waals surface area contributed by atoms with Gasteiger partial charge in [0.2, 0.25) is 5.91 Å². The topological polar surface area (TPSA) is 44.4 Å². The second-order valence-corrected chi connectivity index (χ2v) is 6.11. The molecule has 2 N–H and O–H groups in total. The number of hydrogen-bond donors (Lipinski definition) is 2. The summed E-state index contributed by atoms with van der Waals surface area (Å²) in [5.41, 5.74) is 2.16. The van der Waals surface area contributed by atoms with Crippen molar-refractivity contribution in [3.63, 3.8) is 0 Å². The molecule has 0 bridgehead atoms. The Morgan fingerprint density at radius 2 is 1.71 bits per heavy atom. The van der Waals surface area contributed by atoms with Gasteiger partial charge in [0.25, 0.3) is 0 Å². The highest BCUT2D eigenvalue weighted by Crippen LogP contribution is 2.25. The van der Waals surface area contributed by atoms with Gasteiger partial charge in [-0.25, -0.2) is 0 Å². The maximum absolute atomic E-state index is 12.2. The van der Waals surface area contributed by atoms with Crippen LogP contribution in [-0.4, -0.2) is 32.1 Å². The molecule has 1 heterocycles. The molecule has 1 aliphatic heterocycles. The predicted molar refractivity (Wildman–Crippen MR) is 86.7 cm³/mol. The van der Waals surface area contributed by atoms with Crippen molar-refractivity contribution in [1.82, 2.24) is 5.32 Å². The fourth-order valence-electron chi connectivity index (χ4n) is 3.29. The Morgan fingerprint density at radius 1 is 1.05 bits per heavy atom. The van der Waals surface area contributed by atoms with Crippen molar-refractivity contribution in [3.05, 3.63) is 24.3 Å². The van der Waals surface area contributed by atoms with E-state index in [1.165, 1.54) is 24.9 Å². The molecule has 0 atom stereocenters. The zero-order valence-electron chi connectivity index (χ0n) is 12.6. The lowest BCUT2D eigenvalue weighted by Crippen LogP contribution is -2.43. The first-order valence-corrected chi connectivity index (χ1v) is 8.19. The maximum atomic E-state index is 12.2. The van der Waals surface area contributed by atoms with Gasteiger partial charge < -0.3 is 15.5 Å². The minimum absolute atomic E-state index is 0.199. The molecule has 0 aromatic heterocycles. The van der Waals surface area contributed by atoms with Crippen LogP contribution in [0.4, 0.5) is 11.4 Å². The van der Waals surface area contributed by atoms with Gasteiger partial charge >= 0.3 is 0 Å². The molecule has 1 amide bonds. The normalized spacial score (nSPS) is 20.3. The van der Waals surface area contributed by atoms with E-state index in [4.69, 9.17) is 0 Å². The molecule has 2 fully saturated rings. The number of carbonyl (C=O) groups is 1. The highest BCUT2D eigenvalue weighted by atomic mass is 16.1. The van der Waals surface area contributed by atoms with E-state index in [-0.39, 0.29) is 11.8 Å². The summed E-state index contributed by atoms with van der Waals surface area (Å²) in [7, 11) is 0. The van der Waals surface area contributed by atoms with E-state index in [0.29, 0.717) is 0 Å². The molecule has 4 heteroatoms. The molecule has 1 aromatic carbocycles. The number of nitrogens with zero attached hydrogens (tertiary/aromatic N) is 1. The van der Waals surface area contributed by atoms with Gasteiger partial charge in [-0.15, -0.1) is 0 Å². The van der Waals surface area contributed by atoms with Gasteiger partial charge in [0.05, 0.1) is 0 Å². The van der Waals surface area contributed by atoms with Crippen LogP contribution < -0.4 is 15.5 Å². The standard InChI is InChI=1S/C17H25N3O/c21-17(14-4-2-1-3-5-14)19-15-6-8-16(9-7-15)20-12-10-18-11-13-20/h6-9,14,18H,1-5,10-13H2,(H,19,21). The van der Waals surface area contributed by atoms with E-state index >= 15 is 0 Å². The Bertz CT molecular complexity index is 459. The first-order valence-electron chi connectivity index (χ1n) is 8.19. The number of piperazine rings is 1.